The van der Waals surface area contributed by atoms with E-state index in [1.807, 2.05) is 0 Å². The SMILES string of the molecule is C[C@H](Sc1nc(N)cc(N)n1)C(=O)Nc1ccc(Cl)cc1C(F)(F)F. The van der Waals surface area contributed by atoms with Gasteiger partial charge in [-0.2, -0.15) is 13.2 Å². The number of carbonyl (C=O) groups is 1. The maximum Gasteiger partial charge on any atom is 0.418 e. The molecule has 1 aromatic carbocycles. The predicted molar refractivity (Wildman–Crippen MR) is 91.3 cm³/mol. The number of rotatable bonds is 4. The minimum Gasteiger partial charge on any atom is -0.383 e. The number of halogens is 4. The Balaban J connectivity index is 2.16. The van der Waals surface area contributed by atoms with Gasteiger partial charge in [0, 0.05) is 11.1 Å². The third kappa shape index (κ3) is 5.13. The lowest BCUT2D eigenvalue weighted by atomic mass is 10.1. The Morgan fingerprint density at radius 1 is 1.24 bits per heavy atom. The number of carbonyl (C=O) groups excluding carboxylic acids is 1. The molecule has 11 heteroatoms. The Morgan fingerprint density at radius 3 is 2.40 bits per heavy atom. The molecular weight excluding hydrogens is 379 g/mol. The summed E-state index contributed by atoms with van der Waals surface area (Å²) in [4.78, 5) is 20.0. The van der Waals surface area contributed by atoms with Gasteiger partial charge in [-0.3, -0.25) is 4.79 Å². The van der Waals surface area contributed by atoms with Crippen molar-refractivity contribution in [3.8, 4) is 0 Å². The van der Waals surface area contributed by atoms with Gasteiger partial charge in [-0.25, -0.2) is 9.97 Å². The fourth-order valence-corrected chi connectivity index (χ4v) is 2.79. The van der Waals surface area contributed by atoms with E-state index >= 15 is 0 Å². The first kappa shape index (κ1) is 19.1. The quantitative estimate of drug-likeness (QED) is 0.544. The zero-order valence-electron chi connectivity index (χ0n) is 12.8. The van der Waals surface area contributed by atoms with Crippen molar-refractivity contribution < 1.29 is 18.0 Å². The Bertz CT molecular complexity index is 782. The second kappa shape index (κ2) is 7.36. The first-order valence-electron chi connectivity index (χ1n) is 6.80. The summed E-state index contributed by atoms with van der Waals surface area (Å²) in [6.07, 6.45) is -4.66. The number of nitrogen functional groups attached to an aromatic ring is 2. The van der Waals surface area contributed by atoms with Crippen LogP contribution in [0.15, 0.2) is 29.4 Å². The van der Waals surface area contributed by atoms with Crippen LogP contribution in [0.2, 0.25) is 5.02 Å². The Morgan fingerprint density at radius 2 is 1.84 bits per heavy atom. The van der Waals surface area contributed by atoms with Crippen LogP contribution in [0.5, 0.6) is 0 Å². The molecule has 5 N–H and O–H groups in total. The van der Waals surface area contributed by atoms with Crippen molar-refractivity contribution >= 4 is 46.6 Å². The number of hydrogen-bond acceptors (Lipinski definition) is 6. The van der Waals surface area contributed by atoms with Crippen LogP contribution >= 0.6 is 23.4 Å². The third-order valence-corrected chi connectivity index (χ3v) is 4.14. The summed E-state index contributed by atoms with van der Waals surface area (Å²) in [6.45, 7) is 1.49. The molecular formula is C14H13ClF3N5OS. The minimum absolute atomic E-state index is 0.0867. The summed E-state index contributed by atoms with van der Waals surface area (Å²) in [6, 6.07) is 4.44. The lowest BCUT2D eigenvalue weighted by Gasteiger charge is -2.16. The molecule has 1 amide bonds. The highest BCUT2D eigenvalue weighted by molar-refractivity contribution is 8.00. The third-order valence-electron chi connectivity index (χ3n) is 2.94. The van der Waals surface area contributed by atoms with Crippen molar-refractivity contribution in [2.24, 2.45) is 0 Å². The van der Waals surface area contributed by atoms with Gasteiger partial charge in [-0.05, 0) is 25.1 Å². The highest BCUT2D eigenvalue weighted by Gasteiger charge is 2.34. The molecule has 0 radical (unpaired) electrons. The van der Waals surface area contributed by atoms with E-state index in [-0.39, 0.29) is 27.5 Å². The number of nitrogens with one attached hydrogen (secondary N) is 1. The molecule has 0 spiro atoms. The topological polar surface area (TPSA) is 107 Å². The van der Waals surface area contributed by atoms with E-state index in [9.17, 15) is 18.0 Å². The number of anilines is 3. The number of nitrogens with two attached hydrogens (primary N) is 2. The second-order valence-electron chi connectivity index (χ2n) is 4.94. The van der Waals surface area contributed by atoms with Crippen LogP contribution in [0.3, 0.4) is 0 Å². The van der Waals surface area contributed by atoms with Gasteiger partial charge in [0.15, 0.2) is 5.16 Å². The normalized spacial score (nSPS) is 12.7. The molecule has 2 rings (SSSR count). The molecule has 0 fully saturated rings. The number of alkyl halides is 3. The summed E-state index contributed by atoms with van der Waals surface area (Å²) in [5, 5.41) is 1.50. The number of thioether (sulfide) groups is 1. The molecule has 6 nitrogen and oxygen atoms in total. The summed E-state index contributed by atoms with van der Waals surface area (Å²) >= 11 is 6.52. The average molecular weight is 392 g/mol. The van der Waals surface area contributed by atoms with Crippen molar-refractivity contribution in [3.63, 3.8) is 0 Å². The van der Waals surface area contributed by atoms with Gasteiger partial charge in [0.25, 0.3) is 0 Å². The van der Waals surface area contributed by atoms with E-state index < -0.39 is 22.9 Å². The van der Waals surface area contributed by atoms with Crippen molar-refractivity contribution in [1.29, 1.82) is 0 Å². The molecule has 0 aliphatic carbocycles. The molecule has 0 saturated carbocycles. The molecule has 0 aliphatic rings. The first-order valence-corrected chi connectivity index (χ1v) is 8.06. The molecule has 134 valence electrons. The smallest absolute Gasteiger partial charge is 0.383 e. The number of hydrogen-bond donors (Lipinski definition) is 3. The van der Waals surface area contributed by atoms with Crippen LogP contribution < -0.4 is 16.8 Å². The maximum absolute atomic E-state index is 13.1. The Labute approximate surface area is 150 Å². The van der Waals surface area contributed by atoms with E-state index in [0.29, 0.717) is 0 Å². The van der Waals surface area contributed by atoms with Crippen LogP contribution in [0, 0.1) is 0 Å². The van der Waals surface area contributed by atoms with Gasteiger partial charge >= 0.3 is 6.18 Å². The highest BCUT2D eigenvalue weighted by Crippen LogP contribution is 2.36. The van der Waals surface area contributed by atoms with Crippen LogP contribution in [-0.2, 0) is 11.0 Å². The van der Waals surface area contributed by atoms with E-state index in [4.69, 9.17) is 23.1 Å². The summed E-state index contributed by atoms with van der Waals surface area (Å²) in [5.41, 5.74) is 9.65. The Kier molecular flexibility index (Phi) is 5.63. The van der Waals surface area contributed by atoms with Gasteiger partial charge < -0.3 is 16.8 Å². The molecule has 1 aromatic heterocycles. The van der Waals surface area contributed by atoms with Gasteiger partial charge in [0.05, 0.1) is 16.5 Å². The summed E-state index contributed by atoms with van der Waals surface area (Å²) in [7, 11) is 0. The van der Waals surface area contributed by atoms with Crippen LogP contribution in [-0.4, -0.2) is 21.1 Å². The zero-order valence-corrected chi connectivity index (χ0v) is 14.3. The number of nitrogens with zero attached hydrogens (tertiary/aromatic N) is 2. The fourth-order valence-electron chi connectivity index (χ4n) is 1.82. The number of aromatic nitrogens is 2. The second-order valence-corrected chi connectivity index (χ2v) is 6.68. The van der Waals surface area contributed by atoms with E-state index in [1.54, 1.807) is 0 Å². The fraction of sp³-hybridized carbons (Fsp3) is 0.214. The standard InChI is InChI=1S/C14H13ClF3N5OS/c1-6(25-13-22-10(19)5-11(20)23-13)12(24)21-9-3-2-7(15)4-8(9)14(16,17)18/h2-6H,1H3,(H,21,24)(H4,19,20,22,23)/t6-/m0/s1. The monoisotopic (exact) mass is 391 g/mol. The molecule has 0 bridgehead atoms. The largest absolute Gasteiger partial charge is 0.418 e. The van der Waals surface area contributed by atoms with E-state index in [0.717, 1.165) is 23.9 Å². The number of amides is 1. The molecule has 0 unspecified atom stereocenters. The van der Waals surface area contributed by atoms with Crippen LogP contribution in [0.25, 0.3) is 0 Å². The molecule has 1 atom stereocenters. The lowest BCUT2D eigenvalue weighted by Crippen LogP contribution is -2.24. The van der Waals surface area contributed by atoms with Crippen LogP contribution in [0.4, 0.5) is 30.5 Å². The summed E-state index contributed by atoms with van der Waals surface area (Å²) in [5.74, 6) is -0.415. The minimum atomic E-state index is -4.66. The molecule has 1 heterocycles. The summed E-state index contributed by atoms with van der Waals surface area (Å²) < 4.78 is 39.2. The predicted octanol–water partition coefficient (Wildman–Crippen LogP) is 3.43. The highest BCUT2D eigenvalue weighted by atomic mass is 35.5. The van der Waals surface area contributed by atoms with Gasteiger partial charge in [-0.15, -0.1) is 0 Å². The van der Waals surface area contributed by atoms with E-state index in [2.05, 4.69) is 15.3 Å². The Hall–Kier alpha value is -2.20. The zero-order chi connectivity index (χ0) is 18.8. The number of benzene rings is 1. The van der Waals surface area contributed by atoms with E-state index in [1.165, 1.54) is 19.1 Å². The van der Waals surface area contributed by atoms with Gasteiger partial charge in [-0.1, -0.05) is 23.4 Å². The van der Waals surface area contributed by atoms with Crippen molar-refractivity contribution in [1.82, 2.24) is 9.97 Å². The molecule has 0 aliphatic heterocycles. The average Bonchev–Trinajstić information content (AvgIpc) is 2.46. The van der Waals surface area contributed by atoms with Crippen LogP contribution in [0.1, 0.15) is 12.5 Å². The van der Waals surface area contributed by atoms with Crippen molar-refractivity contribution in [3.05, 3.63) is 34.9 Å². The van der Waals surface area contributed by atoms with Gasteiger partial charge in [0.1, 0.15) is 11.6 Å². The van der Waals surface area contributed by atoms with Gasteiger partial charge in [0.2, 0.25) is 5.91 Å². The molecule has 2 aromatic rings. The maximum atomic E-state index is 13.1. The van der Waals surface area contributed by atoms with Crippen molar-refractivity contribution in [2.45, 2.75) is 23.5 Å². The lowest BCUT2D eigenvalue weighted by molar-refractivity contribution is -0.137. The molecule has 25 heavy (non-hydrogen) atoms. The molecule has 0 saturated heterocycles. The first-order chi connectivity index (χ1) is 11.6. The van der Waals surface area contributed by atoms with Crippen molar-refractivity contribution in [2.75, 3.05) is 16.8 Å².